The summed E-state index contributed by atoms with van der Waals surface area (Å²) >= 11 is 1.60. The predicted octanol–water partition coefficient (Wildman–Crippen LogP) is 6.17. The lowest BCUT2D eigenvalue weighted by atomic mass is 9.71. The third-order valence-corrected chi connectivity index (χ3v) is 7.85. The number of piperidine rings is 1. The number of hydrogen-bond donors (Lipinski definition) is 1. The van der Waals surface area contributed by atoms with Crippen LogP contribution in [0.2, 0.25) is 0 Å². The molecule has 1 aliphatic heterocycles. The topological polar surface area (TPSA) is 62.7 Å². The van der Waals surface area contributed by atoms with E-state index in [4.69, 9.17) is 4.74 Å². The Morgan fingerprint density at radius 3 is 2.81 bits per heavy atom. The molecule has 0 bridgehead atoms. The minimum Gasteiger partial charge on any atom is -0.497 e. The molecule has 1 atom stereocenters. The number of fused-ring (bicyclic) bond motifs is 1. The van der Waals surface area contributed by atoms with Crippen molar-refractivity contribution in [2.75, 3.05) is 26.7 Å². The summed E-state index contributed by atoms with van der Waals surface area (Å²) in [6, 6.07) is 9.11. The number of pyridine rings is 1. The molecule has 0 amide bonds. The van der Waals surface area contributed by atoms with E-state index in [0.29, 0.717) is 55.5 Å². The van der Waals surface area contributed by atoms with Crippen molar-refractivity contribution in [3.05, 3.63) is 57.9 Å². The number of carboxylic acid groups (broad SMARTS) is 1. The summed E-state index contributed by atoms with van der Waals surface area (Å²) in [6.07, 6.45) is 1.80. The van der Waals surface area contributed by atoms with E-state index < -0.39 is 24.2 Å². The third-order valence-electron chi connectivity index (χ3n) is 7.06. The van der Waals surface area contributed by atoms with Crippen LogP contribution in [0.5, 0.6) is 5.75 Å². The Morgan fingerprint density at radius 1 is 1.33 bits per heavy atom. The van der Waals surface area contributed by atoms with Crippen molar-refractivity contribution in [2.45, 2.75) is 45.0 Å². The monoisotopic (exact) mass is 512 g/mol. The van der Waals surface area contributed by atoms with Gasteiger partial charge in [0.2, 0.25) is 0 Å². The molecule has 0 saturated carbocycles. The number of aromatic nitrogens is 1. The zero-order valence-corrected chi connectivity index (χ0v) is 21.1. The Labute approximate surface area is 214 Å². The molecule has 36 heavy (non-hydrogen) atoms. The van der Waals surface area contributed by atoms with Crippen molar-refractivity contribution in [1.29, 1.82) is 0 Å². The third kappa shape index (κ3) is 6.21. The Bertz CT molecular complexity index is 1240. The van der Waals surface area contributed by atoms with E-state index in [2.05, 4.69) is 21.7 Å². The molecule has 0 unspecified atom stereocenters. The molecule has 3 heterocycles. The lowest BCUT2D eigenvalue weighted by Gasteiger charge is -2.41. The summed E-state index contributed by atoms with van der Waals surface area (Å²) in [5.41, 5.74) is 0.579. The normalized spacial score (nSPS) is 16.3. The van der Waals surface area contributed by atoms with Crippen LogP contribution in [-0.4, -0.2) is 47.7 Å². The van der Waals surface area contributed by atoms with Crippen molar-refractivity contribution < 1.29 is 23.4 Å². The van der Waals surface area contributed by atoms with Gasteiger partial charge in [-0.05, 0) is 73.8 Å². The average molecular weight is 513 g/mol. The second-order valence-corrected chi connectivity index (χ2v) is 10.3. The Balaban J connectivity index is 1.47. The fraction of sp³-hybridized carbons (Fsp3) is 0.429. The van der Waals surface area contributed by atoms with Gasteiger partial charge in [0.25, 0.3) is 0 Å². The highest BCUT2D eigenvalue weighted by Gasteiger charge is 2.37. The van der Waals surface area contributed by atoms with Crippen LogP contribution in [0.1, 0.15) is 54.3 Å². The first-order chi connectivity index (χ1) is 17.4. The molecule has 0 aliphatic carbocycles. The Hall–Kier alpha value is -3.02. The Kier molecular flexibility index (Phi) is 8.55. The van der Waals surface area contributed by atoms with E-state index >= 15 is 4.39 Å². The lowest BCUT2D eigenvalue weighted by molar-refractivity contribution is -0.141. The van der Waals surface area contributed by atoms with Gasteiger partial charge in [0.05, 0.1) is 30.5 Å². The fourth-order valence-electron chi connectivity index (χ4n) is 5.02. The highest BCUT2D eigenvalue weighted by Crippen LogP contribution is 2.43. The molecular weight excluding hydrogens is 482 g/mol. The number of methoxy groups -OCH3 is 1. The van der Waals surface area contributed by atoms with Crippen molar-refractivity contribution >= 4 is 28.2 Å². The molecule has 1 aromatic carbocycles. The smallest absolute Gasteiger partial charge is 0.303 e. The van der Waals surface area contributed by atoms with Gasteiger partial charge in [-0.1, -0.05) is 17.9 Å². The molecule has 8 heteroatoms. The summed E-state index contributed by atoms with van der Waals surface area (Å²) in [5.74, 6) is 6.02. The van der Waals surface area contributed by atoms with Gasteiger partial charge in [-0.2, -0.15) is 0 Å². The van der Waals surface area contributed by atoms with Crippen LogP contribution < -0.4 is 4.74 Å². The summed E-state index contributed by atoms with van der Waals surface area (Å²) in [7, 11) is 1.52. The molecular formula is C28H30F2N2O3S. The van der Waals surface area contributed by atoms with Crippen LogP contribution in [0, 0.1) is 17.3 Å². The molecule has 0 radical (unpaired) electrons. The van der Waals surface area contributed by atoms with Gasteiger partial charge in [-0.3, -0.25) is 14.7 Å². The number of benzene rings is 1. The minimum absolute atomic E-state index is 0.00464. The van der Waals surface area contributed by atoms with Crippen LogP contribution in [0.3, 0.4) is 0 Å². The predicted molar refractivity (Wildman–Crippen MR) is 138 cm³/mol. The number of halogens is 2. The first kappa shape index (κ1) is 26.1. The summed E-state index contributed by atoms with van der Waals surface area (Å²) in [5, 5.41) is 12.1. The largest absolute Gasteiger partial charge is 0.497 e. The quantitative estimate of drug-likeness (QED) is 0.347. The molecule has 0 spiro atoms. The van der Waals surface area contributed by atoms with Gasteiger partial charge < -0.3 is 9.84 Å². The van der Waals surface area contributed by atoms with Gasteiger partial charge in [0.1, 0.15) is 18.6 Å². The van der Waals surface area contributed by atoms with Crippen molar-refractivity contribution in [3.8, 4) is 17.6 Å². The highest BCUT2D eigenvalue weighted by atomic mass is 32.1. The number of thiophene rings is 1. The minimum atomic E-state index is -1.44. The molecule has 2 aromatic heterocycles. The number of alkyl halides is 2. The first-order valence-electron chi connectivity index (χ1n) is 12.0. The number of ether oxygens (including phenoxy) is 1. The Morgan fingerprint density at radius 2 is 2.14 bits per heavy atom. The molecule has 5 nitrogen and oxygen atoms in total. The molecule has 1 fully saturated rings. The first-order valence-corrected chi connectivity index (χ1v) is 12.9. The standard InChI is InChI=1S/C28H30F2N2O3S/c1-35-21-6-7-25-23(16-21)27(20(18-29)19-31-25)24(30)8-9-28(17-26(33)34)10-13-32(14-11-28)12-2-4-22-5-3-15-36-22/h3,5-7,15-16,19,24H,8-14,17-18H2,1H3,(H,33,34)/t24-/m0/s1. The maximum Gasteiger partial charge on any atom is 0.303 e. The summed E-state index contributed by atoms with van der Waals surface area (Å²) in [4.78, 5) is 19.2. The molecule has 190 valence electrons. The summed E-state index contributed by atoms with van der Waals surface area (Å²) in [6.45, 7) is 1.23. The van der Waals surface area contributed by atoms with Gasteiger partial charge in [0, 0.05) is 22.7 Å². The summed E-state index contributed by atoms with van der Waals surface area (Å²) < 4.78 is 34.9. The molecule has 3 aromatic rings. The molecule has 1 N–H and O–H groups in total. The number of rotatable bonds is 9. The zero-order chi connectivity index (χ0) is 25.5. The van der Waals surface area contributed by atoms with E-state index in [9.17, 15) is 14.3 Å². The zero-order valence-electron chi connectivity index (χ0n) is 20.3. The molecule has 1 saturated heterocycles. The maximum absolute atomic E-state index is 15.8. The number of carbonyl (C=O) groups is 1. The molecule has 4 rings (SSSR count). The second-order valence-electron chi connectivity index (χ2n) is 9.35. The number of carboxylic acids is 1. The van der Waals surface area contributed by atoms with E-state index in [0.717, 1.165) is 4.88 Å². The van der Waals surface area contributed by atoms with E-state index in [1.807, 2.05) is 17.5 Å². The molecule has 1 aliphatic rings. The van der Waals surface area contributed by atoms with E-state index in [-0.39, 0.29) is 24.0 Å². The van der Waals surface area contributed by atoms with E-state index in [1.54, 1.807) is 29.5 Å². The van der Waals surface area contributed by atoms with Gasteiger partial charge in [0.15, 0.2) is 0 Å². The second kappa shape index (κ2) is 11.8. The number of aliphatic carboxylic acids is 1. The van der Waals surface area contributed by atoms with Crippen LogP contribution >= 0.6 is 11.3 Å². The van der Waals surface area contributed by atoms with Gasteiger partial charge in [-0.25, -0.2) is 8.78 Å². The number of hydrogen-bond acceptors (Lipinski definition) is 5. The SMILES string of the molecule is COc1ccc2ncc(CF)c([C@@H](F)CCC3(CC(=O)O)CCN(CC#Cc4cccs4)CC3)c2c1. The van der Waals surface area contributed by atoms with Gasteiger partial charge >= 0.3 is 5.97 Å². The van der Waals surface area contributed by atoms with E-state index in [1.165, 1.54) is 13.3 Å². The fourth-order valence-corrected chi connectivity index (χ4v) is 5.62. The van der Waals surface area contributed by atoms with Crippen LogP contribution in [0.4, 0.5) is 8.78 Å². The van der Waals surface area contributed by atoms with Crippen molar-refractivity contribution in [2.24, 2.45) is 5.41 Å². The highest BCUT2D eigenvalue weighted by molar-refractivity contribution is 7.10. The number of likely N-dealkylation sites (tertiary alicyclic amines) is 1. The van der Waals surface area contributed by atoms with Crippen LogP contribution in [0.25, 0.3) is 10.9 Å². The van der Waals surface area contributed by atoms with Crippen molar-refractivity contribution in [3.63, 3.8) is 0 Å². The van der Waals surface area contributed by atoms with Crippen LogP contribution in [0.15, 0.2) is 41.9 Å². The van der Waals surface area contributed by atoms with Gasteiger partial charge in [-0.15, -0.1) is 11.3 Å². The lowest BCUT2D eigenvalue weighted by Crippen LogP contribution is -2.41. The number of nitrogens with zero attached hydrogens (tertiary/aromatic N) is 2. The van der Waals surface area contributed by atoms with Crippen LogP contribution in [-0.2, 0) is 11.5 Å². The van der Waals surface area contributed by atoms with Crippen molar-refractivity contribution in [1.82, 2.24) is 9.88 Å². The average Bonchev–Trinajstić information content (AvgIpc) is 3.40. The maximum atomic E-state index is 15.8.